The van der Waals surface area contributed by atoms with E-state index in [0.717, 1.165) is 27.8 Å². The number of aromatic amines is 2. The quantitative estimate of drug-likeness (QED) is 0.316. The predicted octanol–water partition coefficient (Wildman–Crippen LogP) is 4.80. The highest BCUT2D eigenvalue weighted by Crippen LogP contribution is 2.32. The Kier molecular flexibility index (Phi) is 4.84. The van der Waals surface area contributed by atoms with E-state index in [0.29, 0.717) is 27.9 Å². The third-order valence-corrected chi connectivity index (χ3v) is 5.53. The molecule has 158 valence electrons. The van der Waals surface area contributed by atoms with Crippen molar-refractivity contribution < 1.29 is 9.90 Å². The number of amides is 1. The van der Waals surface area contributed by atoms with E-state index < -0.39 is 6.09 Å². The molecule has 5 rings (SSSR count). The van der Waals surface area contributed by atoms with Crippen LogP contribution in [0.5, 0.6) is 0 Å². The Morgan fingerprint density at radius 1 is 1.06 bits per heavy atom. The summed E-state index contributed by atoms with van der Waals surface area (Å²) in [6.07, 6.45) is -0.677. The molecule has 9 heteroatoms. The number of halogens is 1. The van der Waals surface area contributed by atoms with Crippen LogP contribution in [0.3, 0.4) is 0 Å². The molecule has 1 amide bonds. The number of imidazole rings is 1. The maximum atomic E-state index is 12.1. The van der Waals surface area contributed by atoms with Gasteiger partial charge in [0.2, 0.25) is 5.95 Å². The van der Waals surface area contributed by atoms with Crippen molar-refractivity contribution in [2.24, 2.45) is 0 Å². The zero-order valence-corrected chi connectivity index (χ0v) is 17.3. The largest absolute Gasteiger partial charge is 0.465 e. The number of benzene rings is 3. The maximum absolute atomic E-state index is 12.1. The van der Waals surface area contributed by atoms with Crippen molar-refractivity contribution in [2.45, 2.75) is 6.42 Å². The first-order valence-electron chi connectivity index (χ1n) is 9.73. The highest BCUT2D eigenvalue weighted by Gasteiger charge is 2.12. The van der Waals surface area contributed by atoms with Gasteiger partial charge in [-0.15, -0.1) is 0 Å². The molecule has 8 nitrogen and oxygen atoms in total. The summed E-state index contributed by atoms with van der Waals surface area (Å²) in [5, 5.41) is 19.9. The topological polar surface area (TPSA) is 124 Å². The number of fused-ring (bicyclic) bond motifs is 2. The average molecular weight is 446 g/mol. The Morgan fingerprint density at radius 3 is 2.69 bits per heavy atom. The second-order valence-electron chi connectivity index (χ2n) is 7.28. The number of nitrogens with zero attached hydrogens (tertiary/aromatic N) is 2. The van der Waals surface area contributed by atoms with Crippen LogP contribution >= 0.6 is 11.6 Å². The van der Waals surface area contributed by atoms with Crippen LogP contribution in [0.25, 0.3) is 32.9 Å². The number of rotatable bonds is 4. The van der Waals surface area contributed by atoms with E-state index in [9.17, 15) is 9.59 Å². The van der Waals surface area contributed by atoms with Crippen molar-refractivity contribution in [3.63, 3.8) is 0 Å². The van der Waals surface area contributed by atoms with Crippen molar-refractivity contribution in [1.82, 2.24) is 20.2 Å². The van der Waals surface area contributed by atoms with Gasteiger partial charge in [0.15, 0.2) is 0 Å². The fourth-order valence-corrected chi connectivity index (χ4v) is 3.97. The number of hydrogen-bond acceptors (Lipinski definition) is 4. The Balaban J connectivity index is 1.53. The number of nitrogens with one attached hydrogen (secondary N) is 3. The SMILES string of the molecule is O=C(O)Nc1nc2ccc(-c3cc(Cc4n[nH]c(=O)c5ccccc45)ccc3Cl)cc2[nH]1. The second kappa shape index (κ2) is 7.82. The van der Waals surface area contributed by atoms with Crippen LogP contribution in [0.1, 0.15) is 11.3 Å². The Bertz CT molecular complexity index is 1560. The second-order valence-corrected chi connectivity index (χ2v) is 7.69. The summed E-state index contributed by atoms with van der Waals surface area (Å²) in [6, 6.07) is 18.7. The monoisotopic (exact) mass is 445 g/mol. The molecule has 0 fully saturated rings. The first-order chi connectivity index (χ1) is 15.5. The number of anilines is 1. The zero-order valence-electron chi connectivity index (χ0n) is 16.5. The normalized spacial score (nSPS) is 11.2. The molecule has 3 aromatic carbocycles. The summed E-state index contributed by atoms with van der Waals surface area (Å²) in [6.45, 7) is 0. The summed E-state index contributed by atoms with van der Waals surface area (Å²) >= 11 is 6.50. The Morgan fingerprint density at radius 2 is 1.88 bits per heavy atom. The summed E-state index contributed by atoms with van der Waals surface area (Å²) in [5.74, 6) is 0.153. The molecule has 0 saturated heterocycles. The standard InChI is InChI=1S/C23H16ClN5O3/c24-17-7-5-12(10-19-14-3-1-2-4-15(14)21(30)29-28-19)9-16(17)13-6-8-18-20(11-13)26-22(25-18)27-23(31)32/h1-9,11H,10H2,(H,29,30)(H,31,32)(H2,25,26,27). The van der Waals surface area contributed by atoms with Crippen LogP contribution in [0, 0.1) is 0 Å². The fourth-order valence-electron chi connectivity index (χ4n) is 3.74. The lowest BCUT2D eigenvalue weighted by molar-refractivity contribution is 0.209. The molecule has 32 heavy (non-hydrogen) atoms. The lowest BCUT2D eigenvalue weighted by atomic mass is 9.99. The molecular formula is C23H16ClN5O3. The van der Waals surface area contributed by atoms with E-state index >= 15 is 0 Å². The molecule has 0 saturated carbocycles. The van der Waals surface area contributed by atoms with Gasteiger partial charge in [0, 0.05) is 22.4 Å². The van der Waals surface area contributed by atoms with Gasteiger partial charge in [0.25, 0.3) is 5.56 Å². The zero-order chi connectivity index (χ0) is 22.2. The summed E-state index contributed by atoms with van der Waals surface area (Å²) in [7, 11) is 0. The van der Waals surface area contributed by atoms with Gasteiger partial charge >= 0.3 is 6.09 Å². The van der Waals surface area contributed by atoms with Crippen LogP contribution in [0.2, 0.25) is 5.02 Å². The third kappa shape index (κ3) is 3.67. The minimum Gasteiger partial charge on any atom is -0.465 e. The molecule has 0 radical (unpaired) electrons. The lowest BCUT2D eigenvalue weighted by Gasteiger charge is -2.09. The minimum absolute atomic E-state index is 0.153. The van der Waals surface area contributed by atoms with Gasteiger partial charge in [-0.2, -0.15) is 5.10 Å². The fraction of sp³-hybridized carbons (Fsp3) is 0.0435. The predicted molar refractivity (Wildman–Crippen MR) is 123 cm³/mol. The molecule has 0 atom stereocenters. The van der Waals surface area contributed by atoms with Crippen LogP contribution in [-0.4, -0.2) is 31.4 Å². The number of carboxylic acid groups (broad SMARTS) is 1. The van der Waals surface area contributed by atoms with Gasteiger partial charge in [-0.1, -0.05) is 41.9 Å². The van der Waals surface area contributed by atoms with Crippen molar-refractivity contribution in [3.05, 3.63) is 87.3 Å². The average Bonchev–Trinajstić information content (AvgIpc) is 3.18. The molecule has 0 aliphatic heterocycles. The van der Waals surface area contributed by atoms with Crippen LogP contribution < -0.4 is 10.9 Å². The lowest BCUT2D eigenvalue weighted by Crippen LogP contribution is -2.11. The Labute approximate surface area is 185 Å². The highest BCUT2D eigenvalue weighted by molar-refractivity contribution is 6.33. The van der Waals surface area contributed by atoms with Gasteiger partial charge < -0.3 is 10.1 Å². The number of hydrogen-bond donors (Lipinski definition) is 4. The molecule has 0 bridgehead atoms. The summed E-state index contributed by atoms with van der Waals surface area (Å²) in [4.78, 5) is 30.1. The molecule has 2 heterocycles. The van der Waals surface area contributed by atoms with Crippen molar-refractivity contribution >= 4 is 45.4 Å². The number of H-pyrrole nitrogens is 2. The first-order valence-corrected chi connectivity index (χ1v) is 10.1. The van der Waals surface area contributed by atoms with Gasteiger partial charge in [0.1, 0.15) is 0 Å². The van der Waals surface area contributed by atoms with Crippen molar-refractivity contribution in [1.29, 1.82) is 0 Å². The van der Waals surface area contributed by atoms with Crippen molar-refractivity contribution in [3.8, 4) is 11.1 Å². The molecule has 0 aliphatic carbocycles. The molecule has 4 N–H and O–H groups in total. The molecule has 5 aromatic rings. The molecule has 2 aromatic heterocycles. The van der Waals surface area contributed by atoms with E-state index in [-0.39, 0.29) is 11.5 Å². The van der Waals surface area contributed by atoms with E-state index in [1.54, 1.807) is 12.1 Å². The summed E-state index contributed by atoms with van der Waals surface area (Å²) < 4.78 is 0. The minimum atomic E-state index is -1.19. The van der Waals surface area contributed by atoms with E-state index in [1.807, 2.05) is 48.5 Å². The Hall–Kier alpha value is -4.17. The van der Waals surface area contributed by atoms with Crippen LogP contribution in [-0.2, 0) is 6.42 Å². The first kappa shape index (κ1) is 19.8. The van der Waals surface area contributed by atoms with E-state index in [2.05, 4.69) is 25.5 Å². The molecular weight excluding hydrogens is 430 g/mol. The molecule has 0 unspecified atom stereocenters. The van der Waals surface area contributed by atoms with Gasteiger partial charge in [-0.05, 0) is 41.5 Å². The number of carbonyl (C=O) groups is 1. The van der Waals surface area contributed by atoms with Crippen LogP contribution in [0.4, 0.5) is 10.7 Å². The van der Waals surface area contributed by atoms with Gasteiger partial charge in [0.05, 0.1) is 22.1 Å². The van der Waals surface area contributed by atoms with E-state index in [4.69, 9.17) is 16.7 Å². The third-order valence-electron chi connectivity index (χ3n) is 5.20. The smallest absolute Gasteiger partial charge is 0.411 e. The summed E-state index contributed by atoms with van der Waals surface area (Å²) in [5.41, 5.74) is 4.52. The number of aromatic nitrogens is 4. The van der Waals surface area contributed by atoms with E-state index in [1.165, 1.54) is 0 Å². The van der Waals surface area contributed by atoms with Gasteiger partial charge in [-0.3, -0.25) is 10.1 Å². The highest BCUT2D eigenvalue weighted by atomic mass is 35.5. The van der Waals surface area contributed by atoms with Gasteiger partial charge in [-0.25, -0.2) is 14.9 Å². The van der Waals surface area contributed by atoms with Crippen LogP contribution in [0.15, 0.2) is 65.5 Å². The van der Waals surface area contributed by atoms with Crippen molar-refractivity contribution in [2.75, 3.05) is 5.32 Å². The molecule has 0 aliphatic rings. The molecule has 0 spiro atoms. The maximum Gasteiger partial charge on any atom is 0.411 e.